The normalized spacial score (nSPS) is 24.0. The molecule has 1 unspecified atom stereocenters. The standard InChI is InChI=1S/C19H19F2N5OS/c1-9-3-14-16(7-13(9)21)28-18(24-14)23-11-5-12(6-11)26-17-15(25(2)19(26)27)4-10(20)8-22-17/h4,7-9,11-12H,3,5-6H2,1-2H3,(H,23,24). The van der Waals surface area contributed by atoms with Crippen molar-refractivity contribution in [3.8, 4) is 0 Å². The number of allylic oxidation sites excluding steroid dienone is 1. The van der Waals surface area contributed by atoms with E-state index in [1.807, 2.05) is 6.92 Å². The Morgan fingerprint density at radius 1 is 1.32 bits per heavy atom. The van der Waals surface area contributed by atoms with Crippen LogP contribution >= 0.6 is 11.3 Å². The third-order valence-corrected chi connectivity index (χ3v) is 6.65. The monoisotopic (exact) mass is 403 g/mol. The number of aryl methyl sites for hydroxylation is 1. The van der Waals surface area contributed by atoms with E-state index in [0.717, 1.165) is 34.7 Å². The minimum absolute atomic E-state index is 0.0126. The van der Waals surface area contributed by atoms with Crippen molar-refractivity contribution >= 4 is 33.7 Å². The summed E-state index contributed by atoms with van der Waals surface area (Å²) in [5.74, 6) is -0.669. The van der Waals surface area contributed by atoms with E-state index >= 15 is 0 Å². The van der Waals surface area contributed by atoms with Crippen molar-refractivity contribution in [1.82, 2.24) is 19.1 Å². The molecule has 0 aromatic carbocycles. The first kappa shape index (κ1) is 17.5. The number of halogens is 2. The molecule has 0 radical (unpaired) electrons. The first-order chi connectivity index (χ1) is 13.4. The summed E-state index contributed by atoms with van der Waals surface area (Å²) in [6.07, 6.45) is 4.85. The first-order valence-electron chi connectivity index (χ1n) is 9.26. The van der Waals surface area contributed by atoms with E-state index < -0.39 is 5.82 Å². The van der Waals surface area contributed by atoms with Gasteiger partial charge in [-0.25, -0.2) is 23.5 Å². The lowest BCUT2D eigenvalue weighted by molar-refractivity contribution is 0.280. The van der Waals surface area contributed by atoms with Crippen LogP contribution in [0.4, 0.5) is 13.9 Å². The molecule has 9 heteroatoms. The van der Waals surface area contributed by atoms with Crippen LogP contribution in [-0.2, 0) is 13.5 Å². The fourth-order valence-corrected chi connectivity index (χ4v) is 4.98. The molecule has 0 bridgehead atoms. The Bertz CT molecular complexity index is 1170. The number of thiazole rings is 1. The SMILES string of the molecule is CC1Cc2nc(NC3CC(n4c(=O)n(C)c5cc(F)cnc54)C3)sc2C=C1F. The van der Waals surface area contributed by atoms with Gasteiger partial charge in [0.15, 0.2) is 10.8 Å². The first-order valence-corrected chi connectivity index (χ1v) is 10.1. The lowest BCUT2D eigenvalue weighted by Gasteiger charge is -2.36. The molecule has 5 rings (SSSR count). The lowest BCUT2D eigenvalue weighted by Crippen LogP contribution is -2.40. The molecule has 1 saturated carbocycles. The maximum atomic E-state index is 13.8. The van der Waals surface area contributed by atoms with Crippen LogP contribution in [0.3, 0.4) is 0 Å². The van der Waals surface area contributed by atoms with Crippen LogP contribution in [0.25, 0.3) is 17.2 Å². The number of pyridine rings is 1. The fraction of sp³-hybridized carbons (Fsp3) is 0.421. The van der Waals surface area contributed by atoms with Crippen LogP contribution in [0.1, 0.15) is 36.4 Å². The number of rotatable bonds is 3. The van der Waals surface area contributed by atoms with Gasteiger partial charge in [0.1, 0.15) is 11.6 Å². The summed E-state index contributed by atoms with van der Waals surface area (Å²) >= 11 is 1.46. The van der Waals surface area contributed by atoms with Crippen molar-refractivity contribution in [2.24, 2.45) is 13.0 Å². The van der Waals surface area contributed by atoms with Gasteiger partial charge < -0.3 is 5.32 Å². The van der Waals surface area contributed by atoms with Gasteiger partial charge in [-0.1, -0.05) is 18.3 Å². The van der Waals surface area contributed by atoms with E-state index in [1.54, 1.807) is 17.7 Å². The predicted octanol–water partition coefficient (Wildman–Crippen LogP) is 3.65. The van der Waals surface area contributed by atoms with Gasteiger partial charge in [-0.3, -0.25) is 9.13 Å². The molecular formula is C19H19F2N5OS. The van der Waals surface area contributed by atoms with E-state index in [9.17, 15) is 13.6 Å². The quantitative estimate of drug-likeness (QED) is 0.725. The maximum Gasteiger partial charge on any atom is 0.330 e. The number of hydrogen-bond donors (Lipinski definition) is 1. The highest BCUT2D eigenvalue weighted by Gasteiger charge is 2.34. The summed E-state index contributed by atoms with van der Waals surface area (Å²) in [5, 5.41) is 4.19. The van der Waals surface area contributed by atoms with Gasteiger partial charge in [0, 0.05) is 37.5 Å². The van der Waals surface area contributed by atoms with Gasteiger partial charge in [0.2, 0.25) is 0 Å². The molecule has 28 heavy (non-hydrogen) atoms. The molecule has 0 spiro atoms. The summed E-state index contributed by atoms with van der Waals surface area (Å²) in [6.45, 7) is 1.86. The number of anilines is 1. The topological polar surface area (TPSA) is 64.7 Å². The lowest BCUT2D eigenvalue weighted by atomic mass is 9.86. The second kappa shape index (κ2) is 6.23. The average molecular weight is 403 g/mol. The number of nitrogens with one attached hydrogen (secondary N) is 1. The van der Waals surface area contributed by atoms with Gasteiger partial charge in [0.25, 0.3) is 0 Å². The van der Waals surface area contributed by atoms with Crippen molar-refractivity contribution in [2.45, 2.75) is 38.3 Å². The number of hydrogen-bond acceptors (Lipinski definition) is 5. The van der Waals surface area contributed by atoms with E-state index in [4.69, 9.17) is 0 Å². The van der Waals surface area contributed by atoms with Crippen LogP contribution in [0.15, 0.2) is 22.9 Å². The van der Waals surface area contributed by atoms with Crippen LogP contribution in [-0.4, -0.2) is 25.1 Å². The predicted molar refractivity (Wildman–Crippen MR) is 105 cm³/mol. The van der Waals surface area contributed by atoms with Crippen molar-refractivity contribution in [1.29, 1.82) is 0 Å². The summed E-state index contributed by atoms with van der Waals surface area (Å²) < 4.78 is 30.4. The molecule has 3 aromatic heterocycles. The average Bonchev–Trinajstić information content (AvgIpc) is 3.11. The molecule has 3 heterocycles. The van der Waals surface area contributed by atoms with Gasteiger partial charge in [-0.05, 0) is 18.9 Å². The van der Waals surface area contributed by atoms with Crippen LogP contribution in [0, 0.1) is 11.7 Å². The molecule has 2 aliphatic carbocycles. The molecular weight excluding hydrogens is 384 g/mol. The van der Waals surface area contributed by atoms with Crippen LogP contribution in [0.2, 0.25) is 0 Å². The highest BCUT2D eigenvalue weighted by Crippen LogP contribution is 2.38. The summed E-state index contributed by atoms with van der Waals surface area (Å²) in [7, 11) is 1.63. The summed E-state index contributed by atoms with van der Waals surface area (Å²) in [5.41, 5.74) is 1.76. The van der Waals surface area contributed by atoms with E-state index in [2.05, 4.69) is 15.3 Å². The Kier molecular flexibility index (Phi) is 3.90. The Balaban J connectivity index is 1.33. The van der Waals surface area contributed by atoms with E-state index in [-0.39, 0.29) is 29.5 Å². The van der Waals surface area contributed by atoms with Gasteiger partial charge in [-0.15, -0.1) is 0 Å². The Hall–Kier alpha value is -2.55. The maximum absolute atomic E-state index is 13.8. The summed E-state index contributed by atoms with van der Waals surface area (Å²) in [4.78, 5) is 22.2. The van der Waals surface area contributed by atoms with Crippen molar-refractivity contribution in [3.63, 3.8) is 0 Å². The molecule has 1 N–H and O–H groups in total. The molecule has 2 aliphatic rings. The molecule has 6 nitrogen and oxygen atoms in total. The number of aromatic nitrogens is 4. The van der Waals surface area contributed by atoms with Crippen molar-refractivity contribution in [2.75, 3.05) is 5.32 Å². The zero-order valence-electron chi connectivity index (χ0n) is 15.4. The minimum Gasteiger partial charge on any atom is -0.359 e. The van der Waals surface area contributed by atoms with Gasteiger partial charge in [-0.2, -0.15) is 0 Å². The molecule has 3 aromatic rings. The Morgan fingerprint density at radius 2 is 2.11 bits per heavy atom. The molecule has 0 aliphatic heterocycles. The smallest absolute Gasteiger partial charge is 0.330 e. The molecule has 146 valence electrons. The highest BCUT2D eigenvalue weighted by atomic mass is 32.1. The largest absolute Gasteiger partial charge is 0.359 e. The van der Waals surface area contributed by atoms with E-state index in [1.165, 1.54) is 22.0 Å². The molecule has 1 atom stereocenters. The molecule has 0 saturated heterocycles. The number of imidazole rings is 1. The van der Waals surface area contributed by atoms with Crippen LogP contribution < -0.4 is 11.0 Å². The van der Waals surface area contributed by atoms with Crippen LogP contribution in [0.5, 0.6) is 0 Å². The fourth-order valence-electron chi connectivity index (χ4n) is 3.97. The zero-order chi connectivity index (χ0) is 19.6. The van der Waals surface area contributed by atoms with E-state index in [0.29, 0.717) is 17.6 Å². The third-order valence-electron chi connectivity index (χ3n) is 5.67. The van der Waals surface area contributed by atoms with Gasteiger partial charge >= 0.3 is 5.69 Å². The zero-order valence-corrected chi connectivity index (χ0v) is 16.3. The summed E-state index contributed by atoms with van der Waals surface area (Å²) in [6, 6.07) is 1.53. The van der Waals surface area contributed by atoms with Gasteiger partial charge in [0.05, 0.1) is 22.3 Å². The number of fused-ring (bicyclic) bond motifs is 2. The molecule has 0 amide bonds. The third kappa shape index (κ3) is 2.68. The second-order valence-electron chi connectivity index (χ2n) is 7.64. The Labute approximate surface area is 163 Å². The van der Waals surface area contributed by atoms with Crippen molar-refractivity contribution in [3.05, 3.63) is 45.0 Å². The molecule has 1 fully saturated rings. The van der Waals surface area contributed by atoms with Crippen molar-refractivity contribution < 1.29 is 8.78 Å². The number of nitrogens with zero attached hydrogens (tertiary/aromatic N) is 4. The second-order valence-corrected chi connectivity index (χ2v) is 8.67. The highest BCUT2D eigenvalue weighted by molar-refractivity contribution is 7.16. The Morgan fingerprint density at radius 3 is 2.89 bits per heavy atom. The minimum atomic E-state index is -0.457.